The summed E-state index contributed by atoms with van der Waals surface area (Å²) in [5.74, 6) is -0.196. The van der Waals surface area contributed by atoms with Crippen molar-refractivity contribution in [2.24, 2.45) is 0 Å². The van der Waals surface area contributed by atoms with Crippen LogP contribution >= 0.6 is 0 Å². The molecule has 1 saturated heterocycles. The van der Waals surface area contributed by atoms with Crippen LogP contribution in [0.1, 0.15) is 13.8 Å². The van der Waals surface area contributed by atoms with Gasteiger partial charge in [0.1, 0.15) is 12.7 Å². The Hall–Kier alpha value is -0.870. The molecule has 0 aliphatic carbocycles. The van der Waals surface area contributed by atoms with Gasteiger partial charge in [0.15, 0.2) is 0 Å². The molecular formula is C8H13NO3. The van der Waals surface area contributed by atoms with Crippen molar-refractivity contribution in [2.45, 2.75) is 20.0 Å². The lowest BCUT2D eigenvalue weighted by Crippen LogP contribution is -2.26. The van der Waals surface area contributed by atoms with Gasteiger partial charge in [0.2, 0.25) is 0 Å². The number of hydrogen-bond acceptors (Lipinski definition) is 3. The third-order valence-electron chi connectivity index (χ3n) is 1.63. The number of nitrogens with one attached hydrogen (secondary N) is 1. The second kappa shape index (κ2) is 4.23. The van der Waals surface area contributed by atoms with Crippen LogP contribution in [-0.2, 0) is 14.4 Å². The van der Waals surface area contributed by atoms with Gasteiger partial charge >= 0.3 is 0 Å². The molecule has 1 N–H and O–H groups in total. The molecule has 1 atom stereocenters. The van der Waals surface area contributed by atoms with Crippen LogP contribution in [0.5, 0.6) is 0 Å². The molecule has 1 aliphatic heterocycles. The van der Waals surface area contributed by atoms with Crippen molar-refractivity contribution in [3.05, 3.63) is 11.6 Å². The molecule has 1 heterocycles. The fraction of sp³-hybridized carbons (Fsp3) is 0.625. The van der Waals surface area contributed by atoms with E-state index in [2.05, 4.69) is 5.48 Å². The summed E-state index contributed by atoms with van der Waals surface area (Å²) in [7, 11) is 0. The molecular weight excluding hydrogens is 158 g/mol. The Kier molecular flexibility index (Phi) is 3.25. The summed E-state index contributed by atoms with van der Waals surface area (Å²) in [6.45, 7) is 4.70. The van der Waals surface area contributed by atoms with Crippen LogP contribution in [0.4, 0.5) is 0 Å². The predicted molar refractivity (Wildman–Crippen MR) is 43.3 cm³/mol. The standard InChI is InChI=1S/C8H13NO3/c1-3-6(2)8(10)9-12-5-7-4-11-7/h3,7H,4-5H2,1-2H3,(H,9,10). The van der Waals surface area contributed by atoms with Crippen LogP contribution in [-0.4, -0.2) is 25.2 Å². The Balaban J connectivity index is 2.08. The lowest BCUT2D eigenvalue weighted by molar-refractivity contribution is -0.129. The van der Waals surface area contributed by atoms with Gasteiger partial charge in [-0.25, -0.2) is 5.48 Å². The Morgan fingerprint density at radius 1 is 1.83 bits per heavy atom. The van der Waals surface area contributed by atoms with Crippen LogP contribution in [0.25, 0.3) is 0 Å². The maximum atomic E-state index is 11.0. The Morgan fingerprint density at radius 3 is 3.00 bits per heavy atom. The molecule has 0 aromatic heterocycles. The summed E-state index contributed by atoms with van der Waals surface area (Å²) in [6.07, 6.45) is 1.91. The maximum absolute atomic E-state index is 11.0. The highest BCUT2D eigenvalue weighted by atomic mass is 16.7. The number of amides is 1. The van der Waals surface area contributed by atoms with Gasteiger partial charge in [-0.15, -0.1) is 0 Å². The van der Waals surface area contributed by atoms with Crippen LogP contribution in [0.3, 0.4) is 0 Å². The smallest absolute Gasteiger partial charge is 0.270 e. The third kappa shape index (κ3) is 3.02. The lowest BCUT2D eigenvalue weighted by atomic mass is 10.3. The third-order valence-corrected chi connectivity index (χ3v) is 1.63. The molecule has 0 spiro atoms. The zero-order valence-corrected chi connectivity index (χ0v) is 7.29. The largest absolute Gasteiger partial charge is 0.371 e. The van der Waals surface area contributed by atoms with Crippen LogP contribution < -0.4 is 5.48 Å². The van der Waals surface area contributed by atoms with Crippen molar-refractivity contribution in [1.29, 1.82) is 0 Å². The first kappa shape index (κ1) is 9.22. The molecule has 0 radical (unpaired) electrons. The molecule has 12 heavy (non-hydrogen) atoms. The van der Waals surface area contributed by atoms with Crippen LogP contribution in [0.15, 0.2) is 11.6 Å². The van der Waals surface area contributed by atoms with Gasteiger partial charge in [-0.05, 0) is 13.8 Å². The van der Waals surface area contributed by atoms with E-state index in [4.69, 9.17) is 9.57 Å². The van der Waals surface area contributed by atoms with Crippen LogP contribution in [0, 0.1) is 0 Å². The summed E-state index contributed by atoms with van der Waals surface area (Å²) in [6, 6.07) is 0. The number of carbonyl (C=O) groups excluding carboxylic acids is 1. The average molecular weight is 171 g/mol. The number of rotatable bonds is 4. The van der Waals surface area contributed by atoms with Crippen LogP contribution in [0.2, 0.25) is 0 Å². The zero-order valence-electron chi connectivity index (χ0n) is 7.29. The number of allylic oxidation sites excluding steroid dienone is 1. The Bertz CT molecular complexity index is 196. The molecule has 68 valence electrons. The SMILES string of the molecule is CC=C(C)C(=O)NOCC1CO1. The van der Waals surface area contributed by atoms with Crippen molar-refractivity contribution in [1.82, 2.24) is 5.48 Å². The number of epoxide rings is 1. The lowest BCUT2D eigenvalue weighted by Gasteiger charge is -2.03. The molecule has 1 amide bonds. The van der Waals surface area contributed by atoms with Gasteiger partial charge in [-0.3, -0.25) is 9.63 Å². The highest BCUT2D eigenvalue weighted by Gasteiger charge is 2.22. The molecule has 1 rings (SSSR count). The van der Waals surface area contributed by atoms with E-state index in [0.717, 1.165) is 6.61 Å². The molecule has 0 saturated carbocycles. The van der Waals surface area contributed by atoms with E-state index in [1.807, 2.05) is 0 Å². The molecule has 4 nitrogen and oxygen atoms in total. The van der Waals surface area contributed by atoms with E-state index >= 15 is 0 Å². The van der Waals surface area contributed by atoms with E-state index in [-0.39, 0.29) is 12.0 Å². The van der Waals surface area contributed by atoms with E-state index in [9.17, 15) is 4.79 Å². The second-order valence-electron chi connectivity index (χ2n) is 2.67. The molecule has 4 heteroatoms. The predicted octanol–water partition coefficient (Wildman–Crippen LogP) is 0.399. The van der Waals surface area contributed by atoms with Gasteiger partial charge in [-0.1, -0.05) is 6.08 Å². The van der Waals surface area contributed by atoms with Crippen molar-refractivity contribution in [3.63, 3.8) is 0 Å². The fourth-order valence-electron chi connectivity index (χ4n) is 0.576. The normalized spacial score (nSPS) is 22.2. The van der Waals surface area contributed by atoms with Gasteiger partial charge in [0, 0.05) is 5.57 Å². The second-order valence-corrected chi connectivity index (χ2v) is 2.67. The molecule has 0 aromatic rings. The minimum atomic E-state index is -0.196. The number of hydroxylamine groups is 1. The molecule has 0 bridgehead atoms. The maximum Gasteiger partial charge on any atom is 0.270 e. The molecule has 1 fully saturated rings. The summed E-state index contributed by atoms with van der Waals surface area (Å²) in [4.78, 5) is 15.9. The summed E-state index contributed by atoms with van der Waals surface area (Å²) in [5, 5.41) is 0. The highest BCUT2D eigenvalue weighted by molar-refractivity contribution is 5.91. The number of hydrogen-bond donors (Lipinski definition) is 1. The fourth-order valence-corrected chi connectivity index (χ4v) is 0.576. The van der Waals surface area contributed by atoms with Gasteiger partial charge in [-0.2, -0.15) is 0 Å². The highest BCUT2D eigenvalue weighted by Crippen LogP contribution is 2.07. The van der Waals surface area contributed by atoms with E-state index in [1.54, 1.807) is 19.9 Å². The van der Waals surface area contributed by atoms with Crippen molar-refractivity contribution < 1.29 is 14.4 Å². The summed E-state index contributed by atoms with van der Waals surface area (Å²) >= 11 is 0. The van der Waals surface area contributed by atoms with Gasteiger partial charge < -0.3 is 4.74 Å². The first-order chi connectivity index (χ1) is 5.74. The van der Waals surface area contributed by atoms with E-state index in [1.165, 1.54) is 0 Å². The monoisotopic (exact) mass is 171 g/mol. The molecule has 1 unspecified atom stereocenters. The first-order valence-electron chi connectivity index (χ1n) is 3.90. The average Bonchev–Trinajstić information content (AvgIpc) is 2.86. The Labute approximate surface area is 71.5 Å². The minimum absolute atomic E-state index is 0.177. The van der Waals surface area contributed by atoms with Gasteiger partial charge in [0.25, 0.3) is 5.91 Å². The zero-order chi connectivity index (χ0) is 8.97. The number of ether oxygens (including phenoxy) is 1. The van der Waals surface area contributed by atoms with E-state index in [0.29, 0.717) is 12.2 Å². The van der Waals surface area contributed by atoms with E-state index < -0.39 is 0 Å². The topological polar surface area (TPSA) is 50.9 Å². The summed E-state index contributed by atoms with van der Waals surface area (Å²) in [5.41, 5.74) is 2.96. The minimum Gasteiger partial charge on any atom is -0.371 e. The van der Waals surface area contributed by atoms with Crippen molar-refractivity contribution in [3.8, 4) is 0 Å². The van der Waals surface area contributed by atoms with Crippen molar-refractivity contribution >= 4 is 5.91 Å². The number of carbonyl (C=O) groups is 1. The van der Waals surface area contributed by atoms with Crippen molar-refractivity contribution in [2.75, 3.05) is 13.2 Å². The van der Waals surface area contributed by atoms with Gasteiger partial charge in [0.05, 0.1) is 6.61 Å². The summed E-state index contributed by atoms with van der Waals surface area (Å²) < 4.78 is 4.89. The Morgan fingerprint density at radius 2 is 2.50 bits per heavy atom. The first-order valence-corrected chi connectivity index (χ1v) is 3.90. The quantitative estimate of drug-likeness (QED) is 0.378. The molecule has 1 aliphatic rings. The molecule has 0 aromatic carbocycles.